The third-order valence-electron chi connectivity index (χ3n) is 17.9. The van der Waals surface area contributed by atoms with Crippen LogP contribution >= 0.6 is 0 Å². The summed E-state index contributed by atoms with van der Waals surface area (Å²) in [5.74, 6) is 0. The Hall–Kier alpha value is -2.51. The molecule has 0 spiro atoms. The van der Waals surface area contributed by atoms with Crippen molar-refractivity contribution in [2.24, 2.45) is 14.1 Å². The molecular weight excluding hydrogens is 1090 g/mol. The van der Waals surface area contributed by atoms with Gasteiger partial charge in [0, 0.05) is 71.2 Å². The van der Waals surface area contributed by atoms with Crippen LogP contribution in [0.15, 0.2) is 0 Å². The maximum atomic E-state index is 5.04. The number of aryl methyl sites for hydroxylation is 13. The third-order valence-corrected chi connectivity index (χ3v) is 19.2. The van der Waals surface area contributed by atoms with Crippen molar-refractivity contribution in [3.8, 4) is 0 Å². The number of hydrogen-bond acceptors (Lipinski definition) is 0. The summed E-state index contributed by atoms with van der Waals surface area (Å²) in [6.07, 6.45) is 0. The van der Waals surface area contributed by atoms with Crippen LogP contribution in [0, 0.1) is 249 Å². The maximum Gasteiger partial charge on any atom is 0.0524 e. The Bertz CT molecular complexity index is 3190. The first kappa shape index (κ1) is 61.8. The van der Waals surface area contributed by atoms with Crippen molar-refractivity contribution >= 4 is 65.4 Å². The average molecular weight is 1180 g/mol. The summed E-state index contributed by atoms with van der Waals surface area (Å²) in [5.41, 5.74) is 40.5. The molecule has 0 amide bonds. The first-order valence-corrected chi connectivity index (χ1v) is 25.8. The fraction of sp³-hybridized carbons (Fsp3) is 0.431. The molecule has 0 saturated heterocycles. The molecule has 3 aromatic heterocycles. The van der Waals surface area contributed by atoms with Gasteiger partial charge in [0.2, 0.25) is 0 Å². The second kappa shape index (κ2) is 22.5. The number of benzene rings is 6. The van der Waals surface area contributed by atoms with Gasteiger partial charge in [-0.05, 0) is 200 Å². The molecule has 0 aliphatic carbocycles. The van der Waals surface area contributed by atoms with E-state index < -0.39 is 0 Å². The van der Waals surface area contributed by atoms with Crippen LogP contribution in [0.4, 0.5) is 0 Å². The molecule has 0 atom stereocenters. The summed E-state index contributed by atoms with van der Waals surface area (Å²) in [4.78, 5) is 5.04. The van der Waals surface area contributed by atoms with Crippen molar-refractivity contribution in [1.29, 1.82) is 0 Å². The van der Waals surface area contributed by atoms with Crippen LogP contribution in [0.25, 0.3) is 65.4 Å². The summed E-state index contributed by atoms with van der Waals surface area (Å²) in [6, 6.07) is 0. The second-order valence-corrected chi connectivity index (χ2v) is 21.3. The molecule has 0 aliphatic rings. The van der Waals surface area contributed by atoms with Gasteiger partial charge in [-0.1, -0.05) is 21.3 Å². The standard InChI is InChI=1S/2C21H27N.C19H22NXe.C2H6.CH4.CH3.La/c2*1-10-12(3)16(7)20-18(14(10)5)19-15(6)11(2)13(4)17(8)21(19)22(20)9;1-8-9(2)12(5)17-15(11(8)4)16-18(20-17)13(6)10(3)14(7)19(16)21;1-2;;;/h2*1-9H3;21H,1-7H3;1-2H3;1H4;1H3;/q;;-1;;;-1;. The minimum atomic E-state index is 0. The van der Waals surface area contributed by atoms with E-state index in [0.29, 0.717) is 0 Å². The zero-order valence-electron chi connectivity index (χ0n) is 48.3. The van der Waals surface area contributed by atoms with Gasteiger partial charge < -0.3 is 16.6 Å². The molecule has 0 fully saturated rings. The number of hydrogen-bond donors (Lipinski definition) is 0. The Morgan fingerprint density at radius 2 is 0.457 bits per heavy atom. The van der Waals surface area contributed by atoms with E-state index in [0.717, 1.165) is 0 Å². The summed E-state index contributed by atoms with van der Waals surface area (Å²) in [6.45, 7) is 55.8. The van der Waals surface area contributed by atoms with Gasteiger partial charge in [-0.2, -0.15) is 0 Å². The van der Waals surface area contributed by atoms with Gasteiger partial charge in [0.25, 0.3) is 0 Å². The van der Waals surface area contributed by atoms with Crippen LogP contribution < -0.4 is 5.02 Å². The van der Waals surface area contributed by atoms with Crippen LogP contribution in [0.2, 0.25) is 0 Å². The van der Waals surface area contributed by atoms with E-state index in [1.165, 1.54) is 193 Å². The number of rotatable bonds is 0. The van der Waals surface area contributed by atoms with Gasteiger partial charge in [0.05, 0.1) is 22.1 Å². The van der Waals surface area contributed by atoms with Crippen LogP contribution in [-0.2, 0) is 14.1 Å². The molecule has 9 rings (SSSR count). The van der Waals surface area contributed by atoms with Crippen LogP contribution in [0.1, 0.15) is 149 Å². The van der Waals surface area contributed by atoms with Crippen molar-refractivity contribution in [3.05, 3.63) is 135 Å². The minimum Gasteiger partial charge on any atom is -0.358 e. The van der Waals surface area contributed by atoms with E-state index in [-0.39, 0.29) is 50.5 Å². The molecule has 377 valence electrons. The van der Waals surface area contributed by atoms with Crippen LogP contribution in [0.5, 0.6) is 0 Å². The van der Waals surface area contributed by atoms with Crippen molar-refractivity contribution < 1.29 is 82.1 Å². The number of fused-ring (bicyclic) bond motifs is 9. The first-order chi connectivity index (χ1) is 31.2. The summed E-state index contributed by atoms with van der Waals surface area (Å²) < 4.78 is 6.21. The van der Waals surface area contributed by atoms with E-state index >= 15 is 0 Å². The van der Waals surface area contributed by atoms with Crippen LogP contribution in [0.3, 0.4) is 0 Å². The molecule has 6 aromatic carbocycles. The zero-order valence-corrected chi connectivity index (χ0v) is 54.1. The molecule has 9 aromatic rings. The smallest absolute Gasteiger partial charge is 0.0524 e. The van der Waals surface area contributed by atoms with E-state index in [1.54, 1.807) is 0 Å². The normalized spacial score (nSPS) is 11.1. The molecule has 0 bridgehead atoms. The van der Waals surface area contributed by atoms with Crippen molar-refractivity contribution in [3.63, 3.8) is 0 Å². The van der Waals surface area contributed by atoms with Crippen molar-refractivity contribution in [2.75, 3.05) is 0 Å². The van der Waals surface area contributed by atoms with Crippen molar-refractivity contribution in [2.45, 2.75) is 181 Å². The van der Waals surface area contributed by atoms with Gasteiger partial charge in [0.1, 0.15) is 0 Å². The van der Waals surface area contributed by atoms with Gasteiger partial charge in [-0.3, -0.25) is 0 Å². The fourth-order valence-corrected chi connectivity index (χ4v) is 12.5. The predicted octanol–water partition coefficient (Wildman–Crippen LogP) is 17.7. The van der Waals surface area contributed by atoms with Crippen molar-refractivity contribution in [1.82, 2.24) is 14.1 Å². The molecule has 3 nitrogen and oxygen atoms in total. The maximum absolute atomic E-state index is 5.04. The molecule has 0 aliphatic heterocycles. The molecule has 3 heterocycles. The molecule has 1 radical (unpaired) electrons. The summed E-state index contributed by atoms with van der Waals surface area (Å²) in [5, 5.41) is 8.56. The minimum absolute atomic E-state index is 0. The predicted molar refractivity (Wildman–Crippen MR) is 310 cm³/mol. The van der Waals surface area contributed by atoms with E-state index in [4.69, 9.17) is 4.98 Å². The quantitative estimate of drug-likeness (QED) is 0.139. The Kier molecular flexibility index (Phi) is 19.9. The SMILES string of the molecule is C.CC.Cc1c(C)c(C)c2c([n-]c3c(C)c(C)c(C)c([XeH])c32)c1C.Cc1c(C)c(C)c2c(c1C)c1c(C)c(C)c(C)c(C)c1n2C.Cc1c(C)c(C)c2c(c1C)c1c(C)c(C)c(C)c(C)c1n2C.[CH3-].[La]. The van der Waals surface area contributed by atoms with Gasteiger partial charge in [-0.25, -0.2) is 0 Å². The summed E-state index contributed by atoms with van der Waals surface area (Å²) >= 11 is 2.50. The van der Waals surface area contributed by atoms with Gasteiger partial charge >= 0.3 is 161 Å². The Balaban J connectivity index is 0.000000267. The third kappa shape index (κ3) is 9.05. The molecule has 0 N–H and O–H groups in total. The van der Waals surface area contributed by atoms with E-state index in [9.17, 15) is 0 Å². The Labute approximate surface area is 486 Å². The fourth-order valence-electron chi connectivity index (χ4n) is 11.6. The first-order valence-electron chi connectivity index (χ1n) is 24.7. The number of nitrogens with zero attached hydrogens (tertiary/aromatic N) is 3. The second-order valence-electron chi connectivity index (χ2n) is 20.3. The molecule has 70 heavy (non-hydrogen) atoms. The van der Waals surface area contributed by atoms with Crippen LogP contribution in [-0.4, -0.2) is 9.13 Å². The Morgan fingerprint density at radius 3 is 0.714 bits per heavy atom. The largest absolute Gasteiger partial charge is 0.358 e. The zero-order chi connectivity index (χ0) is 50.6. The molecule has 0 saturated carbocycles. The van der Waals surface area contributed by atoms with Gasteiger partial charge in [0.15, 0.2) is 0 Å². The van der Waals surface area contributed by atoms with Gasteiger partial charge in [-0.15, -0.1) is 0 Å². The molecule has 0 unspecified atom stereocenters. The summed E-state index contributed by atoms with van der Waals surface area (Å²) in [7, 11) is 4.46. The molecular formula is C65H89LaN3Xe-2. The Morgan fingerprint density at radius 1 is 0.271 bits per heavy atom. The monoisotopic (exact) mass is 1180 g/mol. The van der Waals surface area contributed by atoms with E-state index in [2.05, 4.69) is 229 Å². The topological polar surface area (TPSA) is 24.0 Å². The average Bonchev–Trinajstić information content (AvgIpc) is 3.97. The number of aromatic nitrogens is 3. The molecule has 5 heteroatoms. The van der Waals surface area contributed by atoms with E-state index in [1.807, 2.05) is 13.8 Å².